The molecule has 22 heavy (non-hydrogen) atoms. The first-order valence-electron chi connectivity index (χ1n) is 6.90. The minimum absolute atomic E-state index is 0.217. The SMILES string of the molecule is CC1C=C2N=Cc3cc(-c4ccc(Cl)cc4)c(Cl)nc3N2N1. The van der Waals surface area contributed by atoms with Crippen molar-refractivity contribution < 1.29 is 0 Å². The minimum atomic E-state index is 0.217. The molecule has 0 spiro atoms. The van der Waals surface area contributed by atoms with E-state index in [0.29, 0.717) is 10.2 Å². The van der Waals surface area contributed by atoms with Gasteiger partial charge in [-0.05, 0) is 36.8 Å². The maximum atomic E-state index is 6.40. The zero-order valence-corrected chi connectivity index (χ0v) is 13.2. The number of nitrogens with one attached hydrogen (secondary N) is 1. The normalized spacial score (nSPS) is 19.0. The number of anilines is 1. The van der Waals surface area contributed by atoms with E-state index in [1.54, 1.807) is 0 Å². The van der Waals surface area contributed by atoms with Crippen molar-refractivity contribution >= 4 is 35.2 Å². The van der Waals surface area contributed by atoms with Crippen molar-refractivity contribution in [2.75, 3.05) is 5.01 Å². The molecule has 2 aliphatic rings. The molecule has 0 saturated heterocycles. The lowest BCUT2D eigenvalue weighted by molar-refractivity contribution is 0.664. The molecule has 6 heteroatoms. The number of nitrogens with zero attached hydrogens (tertiary/aromatic N) is 3. The molecular weight excluding hydrogens is 319 g/mol. The summed E-state index contributed by atoms with van der Waals surface area (Å²) in [4.78, 5) is 9.01. The molecule has 2 aliphatic heterocycles. The Bertz CT molecular complexity index is 812. The zero-order chi connectivity index (χ0) is 15.3. The van der Waals surface area contributed by atoms with Gasteiger partial charge in [0.15, 0.2) is 5.82 Å². The van der Waals surface area contributed by atoms with E-state index in [0.717, 1.165) is 28.3 Å². The van der Waals surface area contributed by atoms with E-state index in [2.05, 4.69) is 22.3 Å². The van der Waals surface area contributed by atoms with Crippen molar-refractivity contribution in [3.05, 3.63) is 58.0 Å². The summed E-state index contributed by atoms with van der Waals surface area (Å²) in [6, 6.07) is 9.75. The molecule has 0 fully saturated rings. The molecular formula is C16H12Cl2N4. The molecule has 2 aromatic rings. The molecule has 0 bridgehead atoms. The molecule has 4 rings (SSSR count). The van der Waals surface area contributed by atoms with Gasteiger partial charge in [-0.3, -0.25) is 0 Å². The Morgan fingerprint density at radius 3 is 2.73 bits per heavy atom. The van der Waals surface area contributed by atoms with E-state index < -0.39 is 0 Å². The number of pyridine rings is 1. The maximum absolute atomic E-state index is 6.40. The Morgan fingerprint density at radius 1 is 1.18 bits per heavy atom. The summed E-state index contributed by atoms with van der Waals surface area (Å²) < 4.78 is 0. The standard InChI is InChI=1S/C16H12Cl2N4/c1-9-6-14-19-8-11-7-13(10-2-4-12(17)5-3-10)15(18)20-16(11)22(14)21-9/h2-9,21H,1H3. The van der Waals surface area contributed by atoms with Crippen LogP contribution in [0.5, 0.6) is 0 Å². The number of hydrazine groups is 1. The van der Waals surface area contributed by atoms with Gasteiger partial charge in [0.2, 0.25) is 0 Å². The number of halogens is 2. The summed E-state index contributed by atoms with van der Waals surface area (Å²) in [5.74, 6) is 1.62. The number of benzene rings is 1. The summed E-state index contributed by atoms with van der Waals surface area (Å²) in [6.07, 6.45) is 3.86. The van der Waals surface area contributed by atoms with Gasteiger partial charge >= 0.3 is 0 Å². The molecule has 0 amide bonds. The van der Waals surface area contributed by atoms with Crippen LogP contribution in [-0.2, 0) is 0 Å². The van der Waals surface area contributed by atoms with Crippen LogP contribution in [0.2, 0.25) is 10.2 Å². The van der Waals surface area contributed by atoms with E-state index in [4.69, 9.17) is 23.2 Å². The third kappa shape index (κ3) is 2.20. The van der Waals surface area contributed by atoms with Gasteiger partial charge in [-0.1, -0.05) is 35.3 Å². The summed E-state index contributed by atoms with van der Waals surface area (Å²) in [5, 5.41) is 3.02. The second-order valence-electron chi connectivity index (χ2n) is 5.28. The largest absolute Gasteiger partial charge is 0.241 e. The van der Waals surface area contributed by atoms with Crippen LogP contribution in [-0.4, -0.2) is 17.2 Å². The lowest BCUT2D eigenvalue weighted by Crippen LogP contribution is -2.38. The van der Waals surface area contributed by atoms with Crippen molar-refractivity contribution in [2.24, 2.45) is 4.99 Å². The van der Waals surface area contributed by atoms with Crippen molar-refractivity contribution in [1.29, 1.82) is 0 Å². The quantitative estimate of drug-likeness (QED) is 0.802. The van der Waals surface area contributed by atoms with Crippen molar-refractivity contribution in [2.45, 2.75) is 13.0 Å². The summed E-state index contributed by atoms with van der Waals surface area (Å²) in [6.45, 7) is 2.06. The number of rotatable bonds is 1. The maximum Gasteiger partial charge on any atom is 0.159 e. The highest BCUT2D eigenvalue weighted by Crippen LogP contribution is 2.35. The average molecular weight is 331 g/mol. The molecule has 0 radical (unpaired) electrons. The molecule has 1 aromatic carbocycles. The van der Waals surface area contributed by atoms with Crippen LogP contribution >= 0.6 is 23.2 Å². The highest BCUT2D eigenvalue weighted by atomic mass is 35.5. The van der Waals surface area contributed by atoms with Crippen LogP contribution in [0.1, 0.15) is 12.5 Å². The van der Waals surface area contributed by atoms with Crippen LogP contribution < -0.4 is 10.4 Å². The average Bonchev–Trinajstić information content (AvgIpc) is 2.89. The fourth-order valence-electron chi connectivity index (χ4n) is 2.61. The van der Waals surface area contributed by atoms with Gasteiger partial charge in [0.05, 0.1) is 0 Å². The highest BCUT2D eigenvalue weighted by Gasteiger charge is 2.27. The minimum Gasteiger partial charge on any atom is -0.241 e. The third-order valence-electron chi connectivity index (χ3n) is 3.65. The Balaban J connectivity index is 1.82. The smallest absolute Gasteiger partial charge is 0.159 e. The van der Waals surface area contributed by atoms with Crippen molar-refractivity contribution in [3.63, 3.8) is 0 Å². The Kier molecular flexibility index (Phi) is 3.18. The Labute approximate surface area is 138 Å². The molecule has 4 nitrogen and oxygen atoms in total. The summed E-state index contributed by atoms with van der Waals surface area (Å²) in [7, 11) is 0. The van der Waals surface area contributed by atoms with Gasteiger partial charge in [-0.15, -0.1) is 0 Å². The van der Waals surface area contributed by atoms with Crippen LogP contribution in [0.3, 0.4) is 0 Å². The van der Waals surface area contributed by atoms with Gasteiger partial charge in [0.1, 0.15) is 11.0 Å². The first kappa shape index (κ1) is 13.8. The molecule has 3 heterocycles. The summed E-state index contributed by atoms with van der Waals surface area (Å²) >= 11 is 12.3. The molecule has 1 aromatic heterocycles. The highest BCUT2D eigenvalue weighted by molar-refractivity contribution is 6.32. The Morgan fingerprint density at radius 2 is 1.95 bits per heavy atom. The van der Waals surface area contributed by atoms with Crippen LogP contribution in [0.4, 0.5) is 5.82 Å². The number of hydrogen-bond acceptors (Lipinski definition) is 4. The Hall–Kier alpha value is -1.88. The predicted molar refractivity (Wildman–Crippen MR) is 90.4 cm³/mol. The van der Waals surface area contributed by atoms with E-state index in [9.17, 15) is 0 Å². The monoisotopic (exact) mass is 330 g/mol. The van der Waals surface area contributed by atoms with E-state index >= 15 is 0 Å². The second-order valence-corrected chi connectivity index (χ2v) is 6.08. The van der Waals surface area contributed by atoms with Crippen LogP contribution in [0, 0.1) is 0 Å². The van der Waals surface area contributed by atoms with Gasteiger partial charge in [0, 0.05) is 28.4 Å². The third-order valence-corrected chi connectivity index (χ3v) is 4.19. The lowest BCUT2D eigenvalue weighted by atomic mass is 10.1. The van der Waals surface area contributed by atoms with Gasteiger partial charge in [0.25, 0.3) is 0 Å². The first-order valence-corrected chi connectivity index (χ1v) is 7.66. The van der Waals surface area contributed by atoms with E-state index in [1.165, 1.54) is 0 Å². The zero-order valence-electron chi connectivity index (χ0n) is 11.7. The number of aromatic nitrogens is 1. The van der Waals surface area contributed by atoms with Gasteiger partial charge in [-0.2, -0.15) is 0 Å². The summed E-state index contributed by atoms with van der Waals surface area (Å²) in [5.41, 5.74) is 6.06. The lowest BCUT2D eigenvalue weighted by Gasteiger charge is -2.25. The van der Waals surface area contributed by atoms with Crippen molar-refractivity contribution in [3.8, 4) is 11.1 Å². The number of fused-ring (bicyclic) bond motifs is 3. The molecule has 1 atom stereocenters. The molecule has 1 N–H and O–H groups in total. The van der Waals surface area contributed by atoms with E-state index in [-0.39, 0.29) is 6.04 Å². The van der Waals surface area contributed by atoms with Gasteiger partial charge < -0.3 is 0 Å². The molecule has 110 valence electrons. The molecule has 1 unspecified atom stereocenters. The van der Waals surface area contributed by atoms with E-state index in [1.807, 2.05) is 47.6 Å². The van der Waals surface area contributed by atoms with Crippen LogP contribution in [0.25, 0.3) is 11.1 Å². The number of aliphatic imine (C=N–C) groups is 1. The second kappa shape index (κ2) is 5.09. The van der Waals surface area contributed by atoms with Gasteiger partial charge in [-0.25, -0.2) is 20.4 Å². The number of hydrogen-bond donors (Lipinski definition) is 1. The van der Waals surface area contributed by atoms with Crippen LogP contribution in [0.15, 0.2) is 47.2 Å². The molecule has 0 saturated carbocycles. The molecule has 0 aliphatic carbocycles. The van der Waals surface area contributed by atoms with Crippen molar-refractivity contribution in [1.82, 2.24) is 10.4 Å². The predicted octanol–water partition coefficient (Wildman–Crippen LogP) is 4.04. The first-order chi connectivity index (χ1) is 10.6. The fourth-order valence-corrected chi connectivity index (χ4v) is 2.98. The fraction of sp³-hybridized carbons (Fsp3) is 0.125. The topological polar surface area (TPSA) is 40.5 Å².